The number of carbonyl (C=O) groups excluding carboxylic acids is 1. The van der Waals surface area contributed by atoms with Crippen LogP contribution < -0.4 is 0 Å². The van der Waals surface area contributed by atoms with E-state index < -0.39 is 0 Å². The first-order valence-corrected chi connectivity index (χ1v) is 8.64. The Balaban J connectivity index is 1.58. The van der Waals surface area contributed by atoms with Crippen molar-refractivity contribution in [2.45, 2.75) is 45.1 Å². The van der Waals surface area contributed by atoms with Gasteiger partial charge in [-0.05, 0) is 43.7 Å². The van der Waals surface area contributed by atoms with Gasteiger partial charge in [0.15, 0.2) is 0 Å². The van der Waals surface area contributed by atoms with Gasteiger partial charge in [-0.2, -0.15) is 0 Å². The van der Waals surface area contributed by atoms with E-state index in [1.54, 1.807) is 0 Å². The Kier molecular flexibility index (Phi) is 5.12. The van der Waals surface area contributed by atoms with Crippen molar-refractivity contribution in [3.8, 4) is 0 Å². The van der Waals surface area contributed by atoms with Crippen LogP contribution in [0.1, 0.15) is 48.4 Å². The van der Waals surface area contributed by atoms with E-state index in [2.05, 4.69) is 60.4 Å². The van der Waals surface area contributed by atoms with Crippen molar-refractivity contribution in [3.05, 3.63) is 71.3 Å². The lowest BCUT2D eigenvalue weighted by molar-refractivity contribution is -0.132. The topological polar surface area (TPSA) is 20.3 Å². The predicted molar refractivity (Wildman–Crippen MR) is 94.2 cm³/mol. The quantitative estimate of drug-likeness (QED) is 0.785. The van der Waals surface area contributed by atoms with Crippen molar-refractivity contribution in [3.63, 3.8) is 0 Å². The minimum atomic E-state index is 0.277. The molecule has 0 bridgehead atoms. The van der Waals surface area contributed by atoms with Gasteiger partial charge in [0.2, 0.25) is 5.91 Å². The molecule has 0 saturated carbocycles. The lowest BCUT2D eigenvalue weighted by atomic mass is 10.0. The highest BCUT2D eigenvalue weighted by molar-refractivity contribution is 5.77. The van der Waals surface area contributed by atoms with Crippen LogP contribution >= 0.6 is 0 Å². The molecule has 2 nitrogen and oxygen atoms in total. The van der Waals surface area contributed by atoms with E-state index in [1.807, 2.05) is 6.07 Å². The molecule has 2 aromatic carbocycles. The zero-order valence-corrected chi connectivity index (χ0v) is 13.9. The van der Waals surface area contributed by atoms with Crippen LogP contribution in [0.5, 0.6) is 0 Å². The normalized spacial score (nSPS) is 17.4. The molecule has 1 amide bonds. The standard InChI is InChI=1S/C21H25NO/c1-17-8-5-12-19(16-17)20-13-7-15-22(20)21(23)14-6-11-18-9-3-2-4-10-18/h2-5,8-10,12,16,20H,6-7,11,13-15H2,1H3. The Morgan fingerprint density at radius 2 is 1.96 bits per heavy atom. The lowest BCUT2D eigenvalue weighted by Crippen LogP contribution is -2.30. The van der Waals surface area contributed by atoms with Crippen LogP contribution in [0.3, 0.4) is 0 Å². The van der Waals surface area contributed by atoms with Gasteiger partial charge in [-0.3, -0.25) is 4.79 Å². The van der Waals surface area contributed by atoms with E-state index in [4.69, 9.17) is 0 Å². The summed E-state index contributed by atoms with van der Waals surface area (Å²) in [5.41, 5.74) is 3.88. The largest absolute Gasteiger partial charge is 0.336 e. The van der Waals surface area contributed by atoms with E-state index in [0.29, 0.717) is 12.3 Å². The van der Waals surface area contributed by atoms with E-state index in [9.17, 15) is 4.79 Å². The highest BCUT2D eigenvalue weighted by atomic mass is 16.2. The zero-order chi connectivity index (χ0) is 16.1. The molecular formula is C21H25NO. The molecule has 0 aromatic heterocycles. The molecule has 0 radical (unpaired) electrons. The van der Waals surface area contributed by atoms with Gasteiger partial charge in [0.05, 0.1) is 6.04 Å². The smallest absolute Gasteiger partial charge is 0.223 e. The van der Waals surface area contributed by atoms with Crippen molar-refractivity contribution >= 4 is 5.91 Å². The van der Waals surface area contributed by atoms with Crippen molar-refractivity contribution < 1.29 is 4.79 Å². The van der Waals surface area contributed by atoms with Crippen LogP contribution in [0, 0.1) is 6.92 Å². The molecule has 1 heterocycles. The van der Waals surface area contributed by atoms with Gasteiger partial charge < -0.3 is 4.90 Å². The summed E-state index contributed by atoms with van der Waals surface area (Å²) in [7, 11) is 0. The average Bonchev–Trinajstić information content (AvgIpc) is 3.05. The van der Waals surface area contributed by atoms with E-state index >= 15 is 0 Å². The zero-order valence-electron chi connectivity index (χ0n) is 13.9. The number of hydrogen-bond donors (Lipinski definition) is 0. The monoisotopic (exact) mass is 307 g/mol. The van der Waals surface area contributed by atoms with Crippen LogP contribution in [0.2, 0.25) is 0 Å². The lowest BCUT2D eigenvalue weighted by Gasteiger charge is -2.25. The number of benzene rings is 2. The van der Waals surface area contributed by atoms with E-state index in [0.717, 1.165) is 32.2 Å². The van der Waals surface area contributed by atoms with Gasteiger partial charge in [0.25, 0.3) is 0 Å². The Labute approximate surface area is 139 Å². The summed E-state index contributed by atoms with van der Waals surface area (Å²) in [5.74, 6) is 0.310. The Bertz CT molecular complexity index is 650. The van der Waals surface area contributed by atoms with Gasteiger partial charge in [0, 0.05) is 13.0 Å². The molecule has 1 fully saturated rings. The molecule has 1 aliphatic rings. The van der Waals surface area contributed by atoms with Crippen molar-refractivity contribution in [1.29, 1.82) is 0 Å². The fraction of sp³-hybridized carbons (Fsp3) is 0.381. The molecule has 1 aliphatic heterocycles. The number of carbonyl (C=O) groups is 1. The van der Waals surface area contributed by atoms with Crippen LogP contribution in [0.4, 0.5) is 0 Å². The fourth-order valence-corrected chi connectivity index (χ4v) is 3.52. The SMILES string of the molecule is Cc1cccc(C2CCCN2C(=O)CCCc2ccccc2)c1. The summed E-state index contributed by atoms with van der Waals surface area (Å²) in [6.45, 7) is 3.02. The number of hydrogen-bond acceptors (Lipinski definition) is 1. The summed E-state index contributed by atoms with van der Waals surface area (Å²) in [6, 6.07) is 19.3. The first kappa shape index (κ1) is 15.8. The molecule has 1 unspecified atom stereocenters. The number of amides is 1. The van der Waals surface area contributed by atoms with Crippen molar-refractivity contribution in [2.24, 2.45) is 0 Å². The van der Waals surface area contributed by atoms with Crippen molar-refractivity contribution in [1.82, 2.24) is 4.90 Å². The van der Waals surface area contributed by atoms with Crippen LogP contribution in [-0.4, -0.2) is 17.4 Å². The molecule has 0 aliphatic carbocycles. The maximum atomic E-state index is 12.6. The Morgan fingerprint density at radius 3 is 2.74 bits per heavy atom. The molecule has 3 rings (SSSR count). The molecule has 1 atom stereocenters. The van der Waals surface area contributed by atoms with Crippen LogP contribution in [-0.2, 0) is 11.2 Å². The number of rotatable bonds is 5. The number of nitrogens with zero attached hydrogens (tertiary/aromatic N) is 1. The molecule has 1 saturated heterocycles. The van der Waals surface area contributed by atoms with Gasteiger partial charge in [-0.1, -0.05) is 60.2 Å². The predicted octanol–water partition coefficient (Wildman–Crippen LogP) is 4.68. The molecule has 23 heavy (non-hydrogen) atoms. The molecule has 0 spiro atoms. The van der Waals surface area contributed by atoms with Gasteiger partial charge in [-0.25, -0.2) is 0 Å². The maximum absolute atomic E-state index is 12.6. The van der Waals surface area contributed by atoms with Crippen molar-refractivity contribution in [2.75, 3.05) is 6.54 Å². The summed E-state index contributed by atoms with van der Waals surface area (Å²) in [5, 5.41) is 0. The first-order valence-electron chi connectivity index (χ1n) is 8.64. The summed E-state index contributed by atoms with van der Waals surface area (Å²) in [6.07, 6.45) is 4.77. The second-order valence-electron chi connectivity index (χ2n) is 6.50. The minimum Gasteiger partial charge on any atom is -0.336 e. The second kappa shape index (κ2) is 7.45. The number of likely N-dealkylation sites (tertiary alicyclic amines) is 1. The van der Waals surface area contributed by atoms with E-state index in [-0.39, 0.29) is 6.04 Å². The second-order valence-corrected chi connectivity index (χ2v) is 6.50. The van der Waals surface area contributed by atoms with Gasteiger partial charge in [0.1, 0.15) is 0 Å². The van der Waals surface area contributed by atoms with Gasteiger partial charge in [-0.15, -0.1) is 0 Å². The number of aryl methyl sites for hydroxylation is 2. The fourth-order valence-electron chi connectivity index (χ4n) is 3.52. The maximum Gasteiger partial charge on any atom is 0.223 e. The third-order valence-corrected chi connectivity index (χ3v) is 4.70. The summed E-state index contributed by atoms with van der Waals surface area (Å²) >= 11 is 0. The van der Waals surface area contributed by atoms with Gasteiger partial charge >= 0.3 is 0 Å². The molecule has 2 heteroatoms. The van der Waals surface area contributed by atoms with Crippen LogP contribution in [0.15, 0.2) is 54.6 Å². The molecule has 0 N–H and O–H groups in total. The highest BCUT2D eigenvalue weighted by Crippen LogP contribution is 2.32. The average molecular weight is 307 g/mol. The highest BCUT2D eigenvalue weighted by Gasteiger charge is 2.29. The van der Waals surface area contributed by atoms with Crippen LogP contribution in [0.25, 0.3) is 0 Å². The first-order chi connectivity index (χ1) is 11.2. The third-order valence-electron chi connectivity index (χ3n) is 4.70. The summed E-state index contributed by atoms with van der Waals surface area (Å²) in [4.78, 5) is 14.7. The Morgan fingerprint density at radius 1 is 1.13 bits per heavy atom. The van der Waals surface area contributed by atoms with E-state index in [1.165, 1.54) is 16.7 Å². The molecule has 2 aromatic rings. The third kappa shape index (κ3) is 4.01. The molecular weight excluding hydrogens is 282 g/mol. The minimum absolute atomic E-state index is 0.277. The Hall–Kier alpha value is -2.09. The molecule has 120 valence electrons. The summed E-state index contributed by atoms with van der Waals surface area (Å²) < 4.78 is 0.